The molecule has 25 heavy (non-hydrogen) atoms. The van der Waals surface area contributed by atoms with Gasteiger partial charge in [0.1, 0.15) is 5.60 Å². The average Bonchev–Trinajstić information content (AvgIpc) is 2.55. The summed E-state index contributed by atoms with van der Waals surface area (Å²) in [5, 5.41) is 6.35. The highest BCUT2D eigenvalue weighted by Gasteiger charge is 2.20. The molecule has 2 aromatic rings. The van der Waals surface area contributed by atoms with Crippen LogP contribution in [0.2, 0.25) is 0 Å². The van der Waals surface area contributed by atoms with E-state index < -0.39 is 11.7 Å². The first-order chi connectivity index (χ1) is 11.8. The van der Waals surface area contributed by atoms with E-state index in [9.17, 15) is 4.79 Å². The standard InChI is InChI=1S/C20H27N3O2/c1-15-10-11-21-12-17(15)13-22-14-18(16-8-6-5-7-9-16)23-19(24)25-20(2,3)4/h5-12,18,22H,13-14H2,1-4H3,(H,23,24). The topological polar surface area (TPSA) is 63.2 Å². The molecule has 2 rings (SSSR count). The zero-order valence-corrected chi connectivity index (χ0v) is 15.4. The molecular weight excluding hydrogens is 314 g/mol. The van der Waals surface area contributed by atoms with E-state index >= 15 is 0 Å². The van der Waals surface area contributed by atoms with Crippen LogP contribution in [0.25, 0.3) is 0 Å². The molecule has 134 valence electrons. The number of carbonyl (C=O) groups is 1. The van der Waals surface area contributed by atoms with Crippen LogP contribution < -0.4 is 10.6 Å². The molecule has 0 radical (unpaired) electrons. The highest BCUT2D eigenvalue weighted by atomic mass is 16.6. The Morgan fingerprint density at radius 2 is 1.92 bits per heavy atom. The first-order valence-corrected chi connectivity index (χ1v) is 8.50. The molecule has 0 aliphatic heterocycles. The van der Waals surface area contributed by atoms with E-state index in [4.69, 9.17) is 4.74 Å². The van der Waals surface area contributed by atoms with Crippen LogP contribution in [0, 0.1) is 6.92 Å². The second kappa shape index (κ2) is 8.62. The van der Waals surface area contributed by atoms with Crippen molar-refractivity contribution in [2.45, 2.75) is 45.9 Å². The summed E-state index contributed by atoms with van der Waals surface area (Å²) in [7, 11) is 0. The van der Waals surface area contributed by atoms with Crippen molar-refractivity contribution in [2.75, 3.05) is 6.54 Å². The van der Waals surface area contributed by atoms with Gasteiger partial charge in [0.15, 0.2) is 0 Å². The van der Waals surface area contributed by atoms with Crippen molar-refractivity contribution in [1.29, 1.82) is 0 Å². The maximum Gasteiger partial charge on any atom is 0.408 e. The van der Waals surface area contributed by atoms with E-state index in [0.717, 1.165) is 11.1 Å². The molecule has 1 unspecified atom stereocenters. The summed E-state index contributed by atoms with van der Waals surface area (Å²) >= 11 is 0. The first-order valence-electron chi connectivity index (χ1n) is 8.50. The third-order valence-electron chi connectivity index (χ3n) is 3.70. The fourth-order valence-corrected chi connectivity index (χ4v) is 2.42. The number of hydrogen-bond acceptors (Lipinski definition) is 4. The van der Waals surface area contributed by atoms with Gasteiger partial charge in [-0.2, -0.15) is 0 Å². The molecular formula is C20H27N3O2. The summed E-state index contributed by atoms with van der Waals surface area (Å²) in [6, 6.07) is 11.7. The van der Waals surface area contributed by atoms with E-state index in [1.807, 2.05) is 63.4 Å². The molecule has 0 aliphatic rings. The van der Waals surface area contributed by atoms with Gasteiger partial charge >= 0.3 is 6.09 Å². The lowest BCUT2D eigenvalue weighted by atomic mass is 10.1. The Labute approximate surface area is 149 Å². The number of rotatable bonds is 6. The van der Waals surface area contributed by atoms with Crippen LogP contribution in [-0.2, 0) is 11.3 Å². The molecule has 0 saturated heterocycles. The van der Waals surface area contributed by atoms with Crippen molar-refractivity contribution < 1.29 is 9.53 Å². The number of alkyl carbamates (subject to hydrolysis) is 1. The molecule has 0 aliphatic carbocycles. The zero-order valence-electron chi connectivity index (χ0n) is 15.4. The van der Waals surface area contributed by atoms with Gasteiger partial charge in [-0.3, -0.25) is 4.98 Å². The Balaban J connectivity index is 2.00. The lowest BCUT2D eigenvalue weighted by molar-refractivity contribution is 0.0503. The Morgan fingerprint density at radius 1 is 1.20 bits per heavy atom. The van der Waals surface area contributed by atoms with Crippen molar-refractivity contribution in [1.82, 2.24) is 15.6 Å². The van der Waals surface area contributed by atoms with Gasteiger partial charge in [-0.05, 0) is 50.5 Å². The number of nitrogens with one attached hydrogen (secondary N) is 2. The second-order valence-corrected chi connectivity index (χ2v) is 7.04. The van der Waals surface area contributed by atoms with Gasteiger partial charge in [0.25, 0.3) is 0 Å². The van der Waals surface area contributed by atoms with Gasteiger partial charge in [-0.25, -0.2) is 4.79 Å². The summed E-state index contributed by atoms with van der Waals surface area (Å²) in [4.78, 5) is 16.3. The van der Waals surface area contributed by atoms with E-state index in [1.165, 1.54) is 5.56 Å². The Bertz CT molecular complexity index is 681. The molecule has 0 fully saturated rings. The third kappa shape index (κ3) is 6.55. The number of pyridine rings is 1. The van der Waals surface area contributed by atoms with Crippen LogP contribution in [0.15, 0.2) is 48.8 Å². The molecule has 0 bridgehead atoms. The average molecular weight is 341 g/mol. The number of ether oxygens (including phenoxy) is 1. The molecule has 1 aromatic heterocycles. The van der Waals surface area contributed by atoms with E-state index in [0.29, 0.717) is 13.1 Å². The predicted octanol–water partition coefficient (Wildman–Crippen LogP) is 3.75. The molecule has 2 N–H and O–H groups in total. The Morgan fingerprint density at radius 3 is 2.56 bits per heavy atom. The summed E-state index contributed by atoms with van der Waals surface area (Å²) < 4.78 is 5.39. The normalized spacial score (nSPS) is 12.5. The van der Waals surface area contributed by atoms with E-state index in [1.54, 1.807) is 6.20 Å². The highest BCUT2D eigenvalue weighted by molar-refractivity contribution is 5.68. The number of aromatic nitrogens is 1. The SMILES string of the molecule is Cc1ccncc1CNCC(NC(=O)OC(C)(C)C)c1ccccc1. The molecule has 0 spiro atoms. The minimum absolute atomic E-state index is 0.173. The molecule has 5 nitrogen and oxygen atoms in total. The van der Waals surface area contributed by atoms with Crippen molar-refractivity contribution in [3.8, 4) is 0 Å². The van der Waals surface area contributed by atoms with Gasteiger partial charge in [-0.15, -0.1) is 0 Å². The monoisotopic (exact) mass is 341 g/mol. The maximum absolute atomic E-state index is 12.2. The summed E-state index contributed by atoms with van der Waals surface area (Å²) in [6.45, 7) is 8.91. The van der Waals surface area contributed by atoms with Crippen LogP contribution in [0.5, 0.6) is 0 Å². The molecule has 1 heterocycles. The van der Waals surface area contributed by atoms with E-state index in [-0.39, 0.29) is 6.04 Å². The number of amides is 1. The van der Waals surface area contributed by atoms with E-state index in [2.05, 4.69) is 22.5 Å². The van der Waals surface area contributed by atoms with Gasteiger partial charge < -0.3 is 15.4 Å². The predicted molar refractivity (Wildman–Crippen MR) is 99.2 cm³/mol. The molecule has 1 aromatic carbocycles. The minimum atomic E-state index is -0.522. The van der Waals surface area contributed by atoms with Gasteiger partial charge in [-0.1, -0.05) is 30.3 Å². The van der Waals surface area contributed by atoms with Gasteiger partial charge in [0.05, 0.1) is 6.04 Å². The van der Waals surface area contributed by atoms with Crippen molar-refractivity contribution in [3.05, 3.63) is 65.5 Å². The Kier molecular flexibility index (Phi) is 6.53. The smallest absolute Gasteiger partial charge is 0.408 e. The summed E-state index contributed by atoms with van der Waals surface area (Å²) in [5.74, 6) is 0. The molecule has 5 heteroatoms. The molecule has 1 amide bonds. The highest BCUT2D eigenvalue weighted by Crippen LogP contribution is 2.14. The van der Waals surface area contributed by atoms with Crippen LogP contribution in [0.4, 0.5) is 4.79 Å². The quantitative estimate of drug-likeness (QED) is 0.840. The van der Waals surface area contributed by atoms with Crippen molar-refractivity contribution in [2.24, 2.45) is 0 Å². The van der Waals surface area contributed by atoms with Crippen molar-refractivity contribution >= 4 is 6.09 Å². The van der Waals surface area contributed by atoms with Crippen LogP contribution >= 0.6 is 0 Å². The van der Waals surface area contributed by atoms with Crippen LogP contribution in [0.1, 0.15) is 43.5 Å². The number of nitrogens with zero attached hydrogens (tertiary/aromatic N) is 1. The van der Waals surface area contributed by atoms with Gasteiger partial charge in [0.2, 0.25) is 0 Å². The lowest BCUT2D eigenvalue weighted by Gasteiger charge is -2.24. The minimum Gasteiger partial charge on any atom is -0.444 e. The zero-order chi connectivity index (χ0) is 18.3. The number of aryl methyl sites for hydroxylation is 1. The number of carbonyl (C=O) groups excluding carboxylic acids is 1. The fourth-order valence-electron chi connectivity index (χ4n) is 2.42. The fraction of sp³-hybridized carbons (Fsp3) is 0.400. The van der Waals surface area contributed by atoms with Crippen LogP contribution in [-0.4, -0.2) is 23.2 Å². The Hall–Kier alpha value is -2.40. The summed E-state index contributed by atoms with van der Waals surface area (Å²) in [6.07, 6.45) is 3.23. The molecule has 0 saturated carbocycles. The number of benzene rings is 1. The van der Waals surface area contributed by atoms with Gasteiger partial charge in [0, 0.05) is 25.5 Å². The second-order valence-electron chi connectivity index (χ2n) is 7.04. The largest absolute Gasteiger partial charge is 0.444 e. The first kappa shape index (κ1) is 18.9. The third-order valence-corrected chi connectivity index (χ3v) is 3.70. The van der Waals surface area contributed by atoms with Crippen LogP contribution in [0.3, 0.4) is 0 Å². The molecule has 1 atom stereocenters. The number of hydrogen-bond donors (Lipinski definition) is 2. The lowest BCUT2D eigenvalue weighted by Crippen LogP contribution is -2.39. The summed E-state index contributed by atoms with van der Waals surface area (Å²) in [5.41, 5.74) is 2.85. The maximum atomic E-state index is 12.2. The van der Waals surface area contributed by atoms with Crippen molar-refractivity contribution in [3.63, 3.8) is 0 Å².